The van der Waals surface area contributed by atoms with Gasteiger partial charge in [-0.15, -0.1) is 0 Å². The summed E-state index contributed by atoms with van der Waals surface area (Å²) in [5.41, 5.74) is 3.47. The molecule has 0 bridgehead atoms. The van der Waals surface area contributed by atoms with Crippen molar-refractivity contribution in [2.75, 3.05) is 38.3 Å². The summed E-state index contributed by atoms with van der Waals surface area (Å²) in [5, 5.41) is 0. The van der Waals surface area contributed by atoms with Crippen LogP contribution in [0.1, 0.15) is 37.9 Å². The lowest BCUT2D eigenvalue weighted by Gasteiger charge is -2.28. The smallest absolute Gasteiger partial charge is 0.338 e. The number of morpholine rings is 1. The van der Waals surface area contributed by atoms with Gasteiger partial charge in [0.1, 0.15) is 5.75 Å². The van der Waals surface area contributed by atoms with Crippen LogP contribution in [0.2, 0.25) is 0 Å². The van der Waals surface area contributed by atoms with E-state index in [1.807, 2.05) is 42.5 Å². The molecule has 1 aromatic heterocycles. The Morgan fingerprint density at radius 1 is 1.16 bits per heavy atom. The summed E-state index contributed by atoms with van der Waals surface area (Å²) in [7, 11) is 1.59. The quantitative estimate of drug-likeness (QED) is 0.453. The van der Waals surface area contributed by atoms with E-state index in [1.54, 1.807) is 32.4 Å². The molecule has 5 rings (SSSR count). The summed E-state index contributed by atoms with van der Waals surface area (Å²) in [6.07, 6.45) is 1.57. The van der Waals surface area contributed by atoms with Gasteiger partial charge in [0.05, 0.1) is 48.3 Å². The van der Waals surface area contributed by atoms with Crippen LogP contribution in [0.25, 0.3) is 6.08 Å². The van der Waals surface area contributed by atoms with E-state index in [0.29, 0.717) is 26.4 Å². The average molecular weight is 534 g/mol. The molecule has 2 aliphatic heterocycles. The molecule has 3 aromatic rings. The fourth-order valence-corrected chi connectivity index (χ4v) is 5.79. The number of nitrogens with zero attached hydrogens (tertiary/aromatic N) is 3. The van der Waals surface area contributed by atoms with E-state index in [-0.39, 0.29) is 11.7 Å². The minimum absolute atomic E-state index is 0.207. The lowest BCUT2D eigenvalue weighted by molar-refractivity contribution is -0.143. The standard InChI is InChI=1S/C29H31N3O5S/c1-18(2)37-28(34)25-19(3)30-29-32(26(25)21-6-5-7-23(17-21)35-4)27(33)24(38-29)16-20-8-10-22(11-9-20)31-12-14-36-15-13-31/h5-11,16-18,26H,12-15H2,1-4H3/b24-16-/t26-/m0/s1. The van der Waals surface area contributed by atoms with E-state index in [0.717, 1.165) is 43.1 Å². The van der Waals surface area contributed by atoms with Crippen molar-refractivity contribution in [1.29, 1.82) is 0 Å². The highest BCUT2D eigenvalue weighted by Crippen LogP contribution is 2.32. The van der Waals surface area contributed by atoms with Crippen molar-refractivity contribution in [3.8, 4) is 5.75 Å². The number of ether oxygens (including phenoxy) is 3. The van der Waals surface area contributed by atoms with Crippen LogP contribution >= 0.6 is 11.3 Å². The number of carbonyl (C=O) groups is 1. The summed E-state index contributed by atoms with van der Waals surface area (Å²) in [6, 6.07) is 14.9. The van der Waals surface area contributed by atoms with Crippen molar-refractivity contribution in [2.24, 2.45) is 4.99 Å². The number of hydrogen-bond acceptors (Lipinski definition) is 8. The topological polar surface area (TPSA) is 82.4 Å². The Hall–Kier alpha value is -3.69. The van der Waals surface area contributed by atoms with Crippen LogP contribution in [0.4, 0.5) is 5.69 Å². The minimum Gasteiger partial charge on any atom is -0.497 e. The number of hydrogen-bond donors (Lipinski definition) is 0. The molecule has 2 aromatic carbocycles. The molecule has 0 N–H and O–H groups in total. The second kappa shape index (κ2) is 11.0. The molecular weight excluding hydrogens is 502 g/mol. The monoisotopic (exact) mass is 533 g/mol. The molecule has 198 valence electrons. The fraction of sp³-hybridized carbons (Fsp3) is 0.345. The maximum atomic E-state index is 13.8. The van der Waals surface area contributed by atoms with Crippen molar-refractivity contribution in [1.82, 2.24) is 4.57 Å². The van der Waals surface area contributed by atoms with Gasteiger partial charge in [0.15, 0.2) is 4.80 Å². The van der Waals surface area contributed by atoms with Gasteiger partial charge in [0, 0.05) is 18.8 Å². The number of allylic oxidation sites excluding steroid dienone is 1. The third-order valence-corrected chi connectivity index (χ3v) is 7.54. The summed E-state index contributed by atoms with van der Waals surface area (Å²) in [4.78, 5) is 34.5. The van der Waals surface area contributed by atoms with Crippen LogP contribution in [0.3, 0.4) is 0 Å². The number of fused-ring (bicyclic) bond motifs is 1. The molecule has 0 aliphatic carbocycles. The number of carbonyl (C=O) groups excluding carboxylic acids is 1. The lowest BCUT2D eigenvalue weighted by Crippen LogP contribution is -2.40. The Kier molecular flexibility index (Phi) is 7.49. The molecule has 0 spiro atoms. The van der Waals surface area contributed by atoms with Crippen LogP contribution in [-0.2, 0) is 14.3 Å². The first kappa shape index (κ1) is 25.9. The third kappa shape index (κ3) is 5.16. The molecule has 0 amide bonds. The predicted molar refractivity (Wildman–Crippen MR) is 147 cm³/mol. The zero-order valence-corrected chi connectivity index (χ0v) is 22.8. The van der Waals surface area contributed by atoms with Crippen LogP contribution in [0, 0.1) is 0 Å². The fourth-order valence-electron chi connectivity index (χ4n) is 4.74. The van der Waals surface area contributed by atoms with Crippen molar-refractivity contribution < 1.29 is 19.0 Å². The number of anilines is 1. The molecule has 3 heterocycles. The number of thiazole rings is 1. The molecule has 9 heteroatoms. The van der Waals surface area contributed by atoms with Crippen LogP contribution < -0.4 is 24.5 Å². The Bertz CT molecular complexity index is 1550. The number of esters is 1. The van der Waals surface area contributed by atoms with Crippen molar-refractivity contribution in [3.63, 3.8) is 0 Å². The van der Waals surface area contributed by atoms with Crippen LogP contribution in [0.5, 0.6) is 5.75 Å². The number of aromatic nitrogens is 1. The lowest BCUT2D eigenvalue weighted by atomic mass is 9.95. The molecule has 8 nitrogen and oxygen atoms in total. The molecule has 0 unspecified atom stereocenters. The molecule has 2 aliphatic rings. The van der Waals surface area contributed by atoms with Crippen molar-refractivity contribution in [2.45, 2.75) is 32.9 Å². The average Bonchev–Trinajstić information content (AvgIpc) is 3.22. The SMILES string of the molecule is COc1cccc([C@H]2C(C(=O)OC(C)C)=C(C)N=c3s/c(=C\c4ccc(N5CCOCC5)cc4)c(=O)n32)c1. The molecule has 0 saturated carbocycles. The van der Waals surface area contributed by atoms with Crippen molar-refractivity contribution >= 4 is 29.1 Å². The van der Waals surface area contributed by atoms with Gasteiger partial charge in [0.25, 0.3) is 5.56 Å². The summed E-state index contributed by atoms with van der Waals surface area (Å²) >= 11 is 1.31. The first-order valence-electron chi connectivity index (χ1n) is 12.7. The highest BCUT2D eigenvalue weighted by molar-refractivity contribution is 7.07. The van der Waals surface area contributed by atoms with E-state index in [4.69, 9.17) is 14.2 Å². The summed E-state index contributed by atoms with van der Waals surface area (Å²) in [6.45, 7) is 8.56. The number of benzene rings is 2. The largest absolute Gasteiger partial charge is 0.497 e. The zero-order chi connectivity index (χ0) is 26.8. The number of methoxy groups -OCH3 is 1. The third-order valence-electron chi connectivity index (χ3n) is 6.56. The Balaban J connectivity index is 1.59. The highest BCUT2D eigenvalue weighted by Gasteiger charge is 2.34. The molecule has 0 radical (unpaired) electrons. The predicted octanol–water partition coefficient (Wildman–Crippen LogP) is 3.03. The highest BCUT2D eigenvalue weighted by atomic mass is 32.1. The van der Waals surface area contributed by atoms with Gasteiger partial charge in [-0.05, 0) is 62.2 Å². The van der Waals surface area contributed by atoms with Gasteiger partial charge < -0.3 is 19.1 Å². The summed E-state index contributed by atoms with van der Waals surface area (Å²) in [5.74, 6) is 0.151. The molecule has 1 fully saturated rings. The minimum atomic E-state index is -0.682. The van der Waals surface area contributed by atoms with Crippen LogP contribution in [-0.4, -0.2) is 50.1 Å². The second-order valence-electron chi connectivity index (χ2n) is 9.50. The second-order valence-corrected chi connectivity index (χ2v) is 10.5. The Morgan fingerprint density at radius 2 is 1.89 bits per heavy atom. The number of rotatable bonds is 6. The van der Waals surface area contributed by atoms with Gasteiger partial charge in [-0.25, -0.2) is 9.79 Å². The Labute approximate surface area is 225 Å². The first-order chi connectivity index (χ1) is 18.4. The maximum Gasteiger partial charge on any atom is 0.338 e. The van der Waals surface area contributed by atoms with E-state index in [1.165, 1.54) is 11.3 Å². The Morgan fingerprint density at radius 3 is 2.58 bits per heavy atom. The molecular formula is C29H31N3O5S. The van der Waals surface area contributed by atoms with Gasteiger partial charge in [-0.2, -0.15) is 0 Å². The van der Waals surface area contributed by atoms with Gasteiger partial charge in [-0.3, -0.25) is 9.36 Å². The van der Waals surface area contributed by atoms with E-state index in [9.17, 15) is 9.59 Å². The van der Waals surface area contributed by atoms with E-state index < -0.39 is 12.0 Å². The van der Waals surface area contributed by atoms with Crippen molar-refractivity contribution in [3.05, 3.63) is 90.6 Å². The van der Waals surface area contributed by atoms with E-state index in [2.05, 4.69) is 22.0 Å². The zero-order valence-electron chi connectivity index (χ0n) is 22.0. The molecule has 1 saturated heterocycles. The molecule has 1 atom stereocenters. The normalized spacial score (nSPS) is 17.9. The maximum absolute atomic E-state index is 13.8. The van der Waals surface area contributed by atoms with E-state index >= 15 is 0 Å². The van der Waals surface area contributed by atoms with Gasteiger partial charge in [0.2, 0.25) is 0 Å². The van der Waals surface area contributed by atoms with Crippen LogP contribution in [0.15, 0.2) is 69.6 Å². The van der Waals surface area contributed by atoms with Gasteiger partial charge in [-0.1, -0.05) is 35.6 Å². The van der Waals surface area contributed by atoms with Gasteiger partial charge >= 0.3 is 5.97 Å². The summed E-state index contributed by atoms with van der Waals surface area (Å²) < 4.78 is 18.6. The molecule has 38 heavy (non-hydrogen) atoms. The first-order valence-corrected chi connectivity index (χ1v) is 13.5.